The summed E-state index contributed by atoms with van der Waals surface area (Å²) in [7, 11) is 1.89. The number of nitrogens with zero attached hydrogens (tertiary/aromatic N) is 2. The number of fused-ring (bicyclic) bond motifs is 1. The van der Waals surface area contributed by atoms with Crippen molar-refractivity contribution in [2.45, 2.75) is 13.5 Å². The molecular weight excluding hydrogens is 206 g/mol. The molecule has 0 unspecified atom stereocenters. The molecule has 2 aromatic rings. The van der Waals surface area contributed by atoms with Gasteiger partial charge in [-0.05, 0) is 18.6 Å². The van der Waals surface area contributed by atoms with E-state index in [-0.39, 0.29) is 10.6 Å². The molecule has 0 aliphatic heterocycles. The van der Waals surface area contributed by atoms with Crippen LogP contribution in [0.15, 0.2) is 18.2 Å². The fraction of sp³-hybridized carbons (Fsp3) is 0.273. The van der Waals surface area contributed by atoms with Gasteiger partial charge in [0.15, 0.2) is 0 Å². The van der Waals surface area contributed by atoms with E-state index in [1.807, 2.05) is 18.5 Å². The number of nitro groups is 1. The van der Waals surface area contributed by atoms with Gasteiger partial charge in [-0.25, -0.2) is 0 Å². The molecule has 2 rings (SSSR count). The Labute approximate surface area is 92.6 Å². The maximum absolute atomic E-state index is 10.7. The predicted molar refractivity (Wildman–Crippen MR) is 62.2 cm³/mol. The summed E-state index contributed by atoms with van der Waals surface area (Å²) in [6.07, 6.45) is 0. The number of non-ortho nitro benzene ring substituents is 1. The van der Waals surface area contributed by atoms with Gasteiger partial charge in [-0.15, -0.1) is 0 Å². The topological polar surface area (TPSA) is 74.1 Å². The summed E-state index contributed by atoms with van der Waals surface area (Å²) in [6, 6.07) is 4.87. The van der Waals surface area contributed by atoms with E-state index < -0.39 is 0 Å². The number of hydrogen-bond acceptors (Lipinski definition) is 3. The van der Waals surface area contributed by atoms with Gasteiger partial charge in [0.2, 0.25) is 0 Å². The van der Waals surface area contributed by atoms with Crippen molar-refractivity contribution in [3.05, 3.63) is 39.6 Å². The second-order valence-corrected chi connectivity index (χ2v) is 3.79. The lowest BCUT2D eigenvalue weighted by Gasteiger charge is -1.98. The zero-order valence-corrected chi connectivity index (χ0v) is 9.23. The fourth-order valence-electron chi connectivity index (χ4n) is 2.00. The summed E-state index contributed by atoms with van der Waals surface area (Å²) in [5.74, 6) is 0. The lowest BCUT2D eigenvalue weighted by Crippen LogP contribution is -1.98. The highest BCUT2D eigenvalue weighted by molar-refractivity contribution is 5.87. The Hall–Kier alpha value is -1.88. The summed E-state index contributed by atoms with van der Waals surface area (Å²) in [4.78, 5) is 10.3. The zero-order chi connectivity index (χ0) is 11.9. The van der Waals surface area contributed by atoms with Crippen molar-refractivity contribution in [3.8, 4) is 0 Å². The summed E-state index contributed by atoms with van der Waals surface area (Å²) < 4.78 is 1.94. The first-order valence-electron chi connectivity index (χ1n) is 4.98. The molecule has 0 saturated heterocycles. The van der Waals surface area contributed by atoms with Crippen LogP contribution in [0.4, 0.5) is 5.69 Å². The van der Waals surface area contributed by atoms with Gasteiger partial charge in [0.1, 0.15) is 0 Å². The van der Waals surface area contributed by atoms with Gasteiger partial charge in [-0.2, -0.15) is 0 Å². The van der Waals surface area contributed by atoms with Crippen molar-refractivity contribution in [1.82, 2.24) is 4.57 Å². The van der Waals surface area contributed by atoms with Crippen LogP contribution < -0.4 is 5.73 Å². The Morgan fingerprint density at radius 1 is 1.50 bits per heavy atom. The maximum atomic E-state index is 10.7. The summed E-state index contributed by atoms with van der Waals surface area (Å²) in [5.41, 5.74) is 8.74. The van der Waals surface area contributed by atoms with E-state index in [1.54, 1.807) is 12.1 Å². The lowest BCUT2D eigenvalue weighted by atomic mass is 10.1. The van der Waals surface area contributed by atoms with Crippen LogP contribution in [-0.4, -0.2) is 9.49 Å². The molecule has 16 heavy (non-hydrogen) atoms. The minimum Gasteiger partial charge on any atom is -0.347 e. The average molecular weight is 219 g/mol. The Kier molecular flexibility index (Phi) is 2.40. The van der Waals surface area contributed by atoms with E-state index in [9.17, 15) is 10.1 Å². The molecule has 0 saturated carbocycles. The Balaban J connectivity index is 2.80. The van der Waals surface area contributed by atoms with E-state index in [0.29, 0.717) is 6.54 Å². The van der Waals surface area contributed by atoms with E-state index >= 15 is 0 Å². The Morgan fingerprint density at radius 2 is 2.19 bits per heavy atom. The first kappa shape index (κ1) is 10.6. The summed E-state index contributed by atoms with van der Waals surface area (Å²) in [6.45, 7) is 2.41. The normalized spacial score (nSPS) is 10.9. The molecule has 0 amide bonds. The summed E-state index contributed by atoms with van der Waals surface area (Å²) >= 11 is 0. The maximum Gasteiger partial charge on any atom is 0.271 e. The van der Waals surface area contributed by atoms with E-state index in [1.165, 1.54) is 6.07 Å². The third-order valence-electron chi connectivity index (χ3n) is 3.02. The molecule has 0 atom stereocenters. The third-order valence-corrected chi connectivity index (χ3v) is 3.02. The van der Waals surface area contributed by atoms with Gasteiger partial charge in [-0.3, -0.25) is 10.1 Å². The monoisotopic (exact) mass is 219 g/mol. The van der Waals surface area contributed by atoms with Gasteiger partial charge in [0, 0.05) is 36.8 Å². The molecule has 1 heterocycles. The van der Waals surface area contributed by atoms with Crippen LogP contribution in [-0.2, 0) is 13.6 Å². The van der Waals surface area contributed by atoms with E-state index in [2.05, 4.69) is 0 Å². The number of nitrogens with two attached hydrogens (primary N) is 1. The molecule has 0 spiro atoms. The van der Waals surface area contributed by atoms with Crippen molar-refractivity contribution in [1.29, 1.82) is 0 Å². The second-order valence-electron chi connectivity index (χ2n) is 3.79. The minimum absolute atomic E-state index is 0.108. The minimum atomic E-state index is -0.385. The number of nitro benzene ring substituents is 1. The standard InChI is InChI=1S/C11H13N3O2/c1-7-10(6-12)9-4-3-8(14(15)16)5-11(9)13(7)2/h3-5H,6,12H2,1-2H3. The highest BCUT2D eigenvalue weighted by Crippen LogP contribution is 2.27. The van der Waals surface area contributed by atoms with Crippen LogP contribution in [0.1, 0.15) is 11.3 Å². The predicted octanol–water partition coefficient (Wildman–Crippen LogP) is 1.85. The summed E-state index contributed by atoms with van der Waals surface area (Å²) in [5, 5.41) is 11.7. The molecule has 2 N–H and O–H groups in total. The number of rotatable bonds is 2. The van der Waals surface area contributed by atoms with E-state index in [4.69, 9.17) is 5.73 Å². The first-order valence-corrected chi connectivity index (χ1v) is 4.98. The molecule has 1 aromatic carbocycles. The molecular formula is C11H13N3O2. The van der Waals surface area contributed by atoms with Crippen LogP contribution in [0.3, 0.4) is 0 Å². The number of hydrogen-bond donors (Lipinski definition) is 1. The molecule has 0 radical (unpaired) electrons. The van der Waals surface area contributed by atoms with Crippen molar-refractivity contribution >= 4 is 16.6 Å². The molecule has 5 nitrogen and oxygen atoms in total. The van der Waals surface area contributed by atoms with Crippen molar-refractivity contribution in [2.24, 2.45) is 12.8 Å². The van der Waals surface area contributed by atoms with Crippen LogP contribution in [0.5, 0.6) is 0 Å². The van der Waals surface area contributed by atoms with Gasteiger partial charge in [-0.1, -0.05) is 0 Å². The average Bonchev–Trinajstić information content (AvgIpc) is 2.51. The van der Waals surface area contributed by atoms with Gasteiger partial charge in [0.05, 0.1) is 10.4 Å². The van der Waals surface area contributed by atoms with Gasteiger partial charge >= 0.3 is 0 Å². The highest BCUT2D eigenvalue weighted by Gasteiger charge is 2.14. The third kappa shape index (κ3) is 1.37. The smallest absolute Gasteiger partial charge is 0.271 e. The molecule has 0 fully saturated rings. The SMILES string of the molecule is Cc1c(CN)c2ccc([N+](=O)[O-])cc2n1C. The first-order chi connectivity index (χ1) is 7.56. The Bertz CT molecular complexity index is 572. The van der Waals surface area contributed by atoms with Crippen molar-refractivity contribution < 1.29 is 4.92 Å². The zero-order valence-electron chi connectivity index (χ0n) is 9.23. The van der Waals surface area contributed by atoms with E-state index in [0.717, 1.165) is 22.2 Å². The largest absolute Gasteiger partial charge is 0.347 e. The van der Waals surface area contributed by atoms with Gasteiger partial charge in [0.25, 0.3) is 5.69 Å². The Morgan fingerprint density at radius 3 is 2.75 bits per heavy atom. The molecule has 0 bridgehead atoms. The molecule has 0 aliphatic rings. The van der Waals surface area contributed by atoms with Crippen molar-refractivity contribution in [3.63, 3.8) is 0 Å². The number of benzene rings is 1. The van der Waals surface area contributed by atoms with Gasteiger partial charge < -0.3 is 10.3 Å². The second kappa shape index (κ2) is 3.61. The molecule has 1 aromatic heterocycles. The van der Waals surface area contributed by atoms with Crippen molar-refractivity contribution in [2.75, 3.05) is 0 Å². The lowest BCUT2D eigenvalue weighted by molar-refractivity contribution is -0.384. The fourth-order valence-corrected chi connectivity index (χ4v) is 2.00. The number of aryl methyl sites for hydroxylation is 1. The van der Waals surface area contributed by atoms with Crippen LogP contribution in [0, 0.1) is 17.0 Å². The van der Waals surface area contributed by atoms with Crippen LogP contribution in [0.25, 0.3) is 10.9 Å². The van der Waals surface area contributed by atoms with Crippen LogP contribution in [0.2, 0.25) is 0 Å². The van der Waals surface area contributed by atoms with Crippen LogP contribution >= 0.6 is 0 Å². The highest BCUT2D eigenvalue weighted by atomic mass is 16.6. The molecule has 0 aliphatic carbocycles. The molecule has 84 valence electrons. The molecule has 5 heteroatoms. The number of aromatic nitrogens is 1. The quantitative estimate of drug-likeness (QED) is 0.618.